The number of pyridine rings is 1. The van der Waals surface area contributed by atoms with Crippen molar-refractivity contribution in [2.45, 2.75) is 19.9 Å². The number of benzene rings is 1. The van der Waals surface area contributed by atoms with Crippen LogP contribution in [0.5, 0.6) is 11.5 Å². The molecule has 18 heavy (non-hydrogen) atoms. The van der Waals surface area contributed by atoms with Crippen LogP contribution in [0.3, 0.4) is 0 Å². The van der Waals surface area contributed by atoms with Crippen LogP contribution < -0.4 is 10.5 Å². The fraction of sp³-hybridized carbons (Fsp3) is 0.214. The van der Waals surface area contributed by atoms with Gasteiger partial charge in [-0.15, -0.1) is 0 Å². The highest BCUT2D eigenvalue weighted by Crippen LogP contribution is 2.26. The Morgan fingerprint density at radius 3 is 2.61 bits per heavy atom. The first-order valence-corrected chi connectivity index (χ1v) is 5.72. The van der Waals surface area contributed by atoms with Crippen LogP contribution in [0.2, 0.25) is 0 Å². The lowest BCUT2D eigenvalue weighted by Crippen LogP contribution is -2.05. The van der Waals surface area contributed by atoms with Crippen LogP contribution in [-0.4, -0.2) is 4.98 Å². The van der Waals surface area contributed by atoms with Gasteiger partial charge in [0.2, 0.25) is 0 Å². The molecule has 0 aliphatic heterocycles. The lowest BCUT2D eigenvalue weighted by molar-refractivity contribution is 0.439. The number of hydrogen-bond acceptors (Lipinski definition) is 3. The largest absolute Gasteiger partial charge is 0.453 e. The maximum atomic E-state index is 13.8. The SMILES string of the molecule is Cc1ccc(Oc2ccc([C@@H](C)N)cc2F)cn1. The zero-order chi connectivity index (χ0) is 13.1. The first-order valence-electron chi connectivity index (χ1n) is 5.72. The molecule has 1 atom stereocenters. The van der Waals surface area contributed by atoms with E-state index in [1.165, 1.54) is 6.07 Å². The van der Waals surface area contributed by atoms with Gasteiger partial charge in [-0.3, -0.25) is 4.98 Å². The summed E-state index contributed by atoms with van der Waals surface area (Å²) in [5.41, 5.74) is 7.31. The van der Waals surface area contributed by atoms with Crippen molar-refractivity contribution < 1.29 is 9.13 Å². The van der Waals surface area contributed by atoms with Crippen LogP contribution in [-0.2, 0) is 0 Å². The molecule has 3 nitrogen and oxygen atoms in total. The van der Waals surface area contributed by atoms with Gasteiger partial charge in [0, 0.05) is 11.7 Å². The lowest BCUT2D eigenvalue weighted by Gasteiger charge is -2.10. The summed E-state index contributed by atoms with van der Waals surface area (Å²) in [4.78, 5) is 4.08. The van der Waals surface area contributed by atoms with Crippen LogP contribution in [0.1, 0.15) is 24.2 Å². The maximum absolute atomic E-state index is 13.8. The molecule has 0 unspecified atom stereocenters. The van der Waals surface area contributed by atoms with E-state index in [1.54, 1.807) is 31.3 Å². The molecule has 0 spiro atoms. The Bertz CT molecular complexity index is 538. The van der Waals surface area contributed by atoms with Crippen molar-refractivity contribution >= 4 is 0 Å². The fourth-order valence-corrected chi connectivity index (χ4v) is 1.52. The summed E-state index contributed by atoms with van der Waals surface area (Å²) in [5, 5.41) is 0. The average Bonchev–Trinajstić information content (AvgIpc) is 2.34. The highest BCUT2D eigenvalue weighted by Gasteiger charge is 2.08. The number of nitrogens with two attached hydrogens (primary N) is 1. The average molecular weight is 246 g/mol. The predicted octanol–water partition coefficient (Wildman–Crippen LogP) is 3.34. The van der Waals surface area contributed by atoms with Crippen LogP contribution in [0.25, 0.3) is 0 Å². The number of halogens is 1. The molecule has 2 rings (SSSR count). The van der Waals surface area contributed by atoms with Crippen LogP contribution in [0.4, 0.5) is 4.39 Å². The van der Waals surface area contributed by atoms with Crippen LogP contribution >= 0.6 is 0 Å². The van der Waals surface area contributed by atoms with Gasteiger partial charge >= 0.3 is 0 Å². The van der Waals surface area contributed by atoms with E-state index in [0.717, 1.165) is 11.3 Å². The van der Waals surface area contributed by atoms with Gasteiger partial charge in [0.05, 0.1) is 6.20 Å². The summed E-state index contributed by atoms with van der Waals surface area (Å²) in [7, 11) is 0. The Morgan fingerprint density at radius 1 is 1.28 bits per heavy atom. The molecule has 0 aliphatic rings. The molecule has 1 aromatic heterocycles. The lowest BCUT2D eigenvalue weighted by atomic mass is 10.1. The molecule has 94 valence electrons. The number of rotatable bonds is 3. The van der Waals surface area contributed by atoms with E-state index < -0.39 is 5.82 Å². The van der Waals surface area contributed by atoms with E-state index in [-0.39, 0.29) is 11.8 Å². The summed E-state index contributed by atoms with van der Waals surface area (Å²) >= 11 is 0. The maximum Gasteiger partial charge on any atom is 0.166 e. The molecule has 0 saturated heterocycles. The van der Waals surface area contributed by atoms with E-state index >= 15 is 0 Å². The van der Waals surface area contributed by atoms with Crippen molar-refractivity contribution in [1.82, 2.24) is 4.98 Å². The van der Waals surface area contributed by atoms with Crippen molar-refractivity contribution in [2.75, 3.05) is 0 Å². The molecule has 0 radical (unpaired) electrons. The van der Waals surface area contributed by atoms with Crippen LogP contribution in [0.15, 0.2) is 36.5 Å². The van der Waals surface area contributed by atoms with E-state index in [2.05, 4.69) is 4.98 Å². The van der Waals surface area contributed by atoms with E-state index in [4.69, 9.17) is 10.5 Å². The molecule has 4 heteroatoms. The Morgan fingerprint density at radius 2 is 2.06 bits per heavy atom. The minimum atomic E-state index is -0.426. The van der Waals surface area contributed by atoms with Crippen molar-refractivity contribution in [3.63, 3.8) is 0 Å². The van der Waals surface area contributed by atoms with Crippen molar-refractivity contribution in [2.24, 2.45) is 5.73 Å². The van der Waals surface area contributed by atoms with Crippen molar-refractivity contribution in [3.05, 3.63) is 53.6 Å². The van der Waals surface area contributed by atoms with Crippen molar-refractivity contribution in [3.8, 4) is 11.5 Å². The van der Waals surface area contributed by atoms with E-state index in [1.807, 2.05) is 13.0 Å². The highest BCUT2D eigenvalue weighted by atomic mass is 19.1. The normalized spacial score (nSPS) is 12.2. The smallest absolute Gasteiger partial charge is 0.166 e. The first kappa shape index (κ1) is 12.5. The fourth-order valence-electron chi connectivity index (χ4n) is 1.52. The second-order valence-corrected chi connectivity index (χ2v) is 4.22. The topological polar surface area (TPSA) is 48.1 Å². The molecule has 1 heterocycles. The van der Waals surface area contributed by atoms with Gasteiger partial charge in [0.1, 0.15) is 5.75 Å². The Hall–Kier alpha value is -1.94. The Kier molecular flexibility index (Phi) is 3.58. The quantitative estimate of drug-likeness (QED) is 0.903. The zero-order valence-corrected chi connectivity index (χ0v) is 10.4. The van der Waals surface area contributed by atoms with Gasteiger partial charge in [0.25, 0.3) is 0 Å². The summed E-state index contributed by atoms with van der Waals surface area (Å²) in [6.07, 6.45) is 1.56. The van der Waals surface area contributed by atoms with E-state index in [9.17, 15) is 4.39 Å². The number of aryl methyl sites for hydroxylation is 1. The van der Waals surface area contributed by atoms with Gasteiger partial charge < -0.3 is 10.5 Å². The molecule has 0 fully saturated rings. The highest BCUT2D eigenvalue weighted by molar-refractivity contribution is 5.34. The number of nitrogens with zero attached hydrogens (tertiary/aromatic N) is 1. The number of ether oxygens (including phenoxy) is 1. The first-order chi connectivity index (χ1) is 8.56. The standard InChI is InChI=1S/C14H15FN2O/c1-9-3-5-12(8-17-9)18-14-6-4-11(10(2)16)7-13(14)15/h3-8,10H,16H2,1-2H3/t10-/m1/s1. The molecule has 1 aromatic carbocycles. The van der Waals surface area contributed by atoms with Gasteiger partial charge in [-0.1, -0.05) is 6.07 Å². The van der Waals surface area contributed by atoms with Gasteiger partial charge in [-0.25, -0.2) is 4.39 Å². The second-order valence-electron chi connectivity index (χ2n) is 4.22. The molecule has 2 N–H and O–H groups in total. The third kappa shape index (κ3) is 2.84. The van der Waals surface area contributed by atoms with Gasteiger partial charge in [0.15, 0.2) is 11.6 Å². The number of hydrogen-bond donors (Lipinski definition) is 1. The molecule has 0 amide bonds. The van der Waals surface area contributed by atoms with E-state index in [0.29, 0.717) is 5.75 Å². The summed E-state index contributed by atoms with van der Waals surface area (Å²) < 4.78 is 19.2. The van der Waals surface area contributed by atoms with Gasteiger partial charge in [-0.2, -0.15) is 0 Å². The van der Waals surface area contributed by atoms with Crippen molar-refractivity contribution in [1.29, 1.82) is 0 Å². The Balaban J connectivity index is 2.22. The number of aromatic nitrogens is 1. The zero-order valence-electron chi connectivity index (χ0n) is 10.4. The van der Waals surface area contributed by atoms with Gasteiger partial charge in [-0.05, 0) is 43.7 Å². The molecular formula is C14H15FN2O. The second kappa shape index (κ2) is 5.14. The molecule has 0 bridgehead atoms. The summed E-state index contributed by atoms with van der Waals surface area (Å²) in [6, 6.07) is 8.08. The molecular weight excluding hydrogens is 231 g/mol. The third-order valence-corrected chi connectivity index (χ3v) is 2.59. The molecule has 0 saturated carbocycles. The monoisotopic (exact) mass is 246 g/mol. The minimum Gasteiger partial charge on any atom is -0.453 e. The molecule has 2 aromatic rings. The Labute approximate surface area is 105 Å². The summed E-state index contributed by atoms with van der Waals surface area (Å²) in [6.45, 7) is 3.68. The molecule has 0 aliphatic carbocycles. The minimum absolute atomic E-state index is 0.171. The van der Waals surface area contributed by atoms with Crippen LogP contribution in [0, 0.1) is 12.7 Å². The predicted molar refractivity (Wildman–Crippen MR) is 68.1 cm³/mol. The summed E-state index contributed by atoms with van der Waals surface area (Å²) in [5.74, 6) is 0.253. The third-order valence-electron chi connectivity index (χ3n) is 2.59.